The molecule has 8 unspecified atom stereocenters. The van der Waals surface area contributed by atoms with Crippen molar-refractivity contribution in [2.24, 2.45) is 0 Å². The van der Waals surface area contributed by atoms with E-state index in [1.165, 1.54) is 0 Å². The van der Waals surface area contributed by atoms with E-state index in [1.807, 2.05) is 83.1 Å². The first-order valence-corrected chi connectivity index (χ1v) is 50.3. The van der Waals surface area contributed by atoms with Gasteiger partial charge in [0.2, 0.25) is 0 Å². The molecule has 0 aliphatic carbocycles. The Morgan fingerprint density at radius 3 is 0.549 bits per heavy atom. The van der Waals surface area contributed by atoms with Gasteiger partial charge in [0, 0.05) is 52.9 Å². The Morgan fingerprint density at radius 1 is 0.220 bits per heavy atom. The van der Waals surface area contributed by atoms with Gasteiger partial charge in [0.15, 0.2) is 0 Å². The lowest BCUT2D eigenvalue weighted by Crippen LogP contribution is -2.68. The lowest BCUT2D eigenvalue weighted by Gasteiger charge is -2.47. The highest BCUT2D eigenvalue weighted by atomic mass is 28.5. The molecule has 0 amide bonds. The zero-order valence-corrected chi connectivity index (χ0v) is 65.5. The third kappa shape index (κ3) is 33.2. The zero-order chi connectivity index (χ0) is 62.8. The smallest absolute Gasteiger partial charge is 0.355 e. The minimum atomic E-state index is -3.09. The average Bonchev–Trinajstić information content (AvgIpc) is 3.46. The normalized spacial score (nSPS) is 18.3. The molecule has 0 aliphatic heterocycles. The van der Waals surface area contributed by atoms with Crippen LogP contribution < -0.4 is 0 Å². The zero-order valence-electron chi connectivity index (χ0n) is 57.5. The van der Waals surface area contributed by atoms with Gasteiger partial charge in [-0.05, 0) is 157 Å². The molecule has 0 aromatic heterocycles. The molecule has 0 aliphatic rings. The first-order chi connectivity index (χ1) is 38.9. The third-order valence-corrected chi connectivity index (χ3v) is 48.1. The molecular formula is C56H132O18Si8. The quantitative estimate of drug-likeness (QED) is 0.0416. The summed E-state index contributed by atoms with van der Waals surface area (Å²) in [6.45, 7) is 54.8. The molecule has 0 fully saturated rings. The van der Waals surface area contributed by atoms with Crippen LogP contribution in [-0.2, 0) is 80.3 Å². The minimum absolute atomic E-state index is 0.0230. The molecule has 0 aromatic rings. The maximum absolute atomic E-state index is 7.43. The molecule has 0 saturated heterocycles. The van der Waals surface area contributed by atoms with Crippen LogP contribution in [0, 0.1) is 0 Å². The standard InChI is InChI=1S/2C28H66O9Si4/c1-15-33-38(17-3,21-29-25(7)8)35-40(19-5,23-31-27(11)12)37-41(20-6,24-32-28(13)14)36-39(18-4,34-16-2)22-30-26(9)10;1-11-21-29-25-38(17-7,33-15-5)35-40(19-9,27-31-23-13-3)37-41(20-10,28-32-24-14-4)36-39(18-8,34-16-6)26-30-22-12-2/h25-28H,15-24H2,1-14H3;11-28H2,1-10H3. The SMILES string of the molecule is CCCOC[Si](CC)(OCC)O[Si](CC)(COCCC)O[Si](CC)(COCCC)O[Si](CC)(COCCC)OCC.CCO[Si](CC)(COC(C)C)O[Si](CC)(COC(C)C)O[Si](CC)(COC(C)C)O[Si](CC)(COC(C)C)OCC. The van der Waals surface area contributed by atoms with Gasteiger partial charge < -0.3 is 80.3 Å². The molecule has 496 valence electrons. The van der Waals surface area contributed by atoms with Gasteiger partial charge in [-0.2, -0.15) is 0 Å². The largest absolute Gasteiger partial charge is 0.413 e. The molecule has 82 heavy (non-hydrogen) atoms. The highest BCUT2D eigenvalue weighted by Gasteiger charge is 2.59. The van der Waals surface area contributed by atoms with E-state index in [1.54, 1.807) is 0 Å². The van der Waals surface area contributed by atoms with Crippen LogP contribution in [-0.4, -0.2) is 196 Å². The molecule has 0 radical (unpaired) electrons. The van der Waals surface area contributed by atoms with E-state index in [-0.39, 0.29) is 24.4 Å². The molecule has 0 saturated carbocycles. The van der Waals surface area contributed by atoms with Crippen LogP contribution in [0.3, 0.4) is 0 Å². The third-order valence-electron chi connectivity index (χ3n) is 13.4. The average molecular weight is 1320 g/mol. The molecule has 0 bridgehead atoms. The van der Waals surface area contributed by atoms with Crippen LogP contribution in [0.5, 0.6) is 0 Å². The summed E-state index contributed by atoms with van der Waals surface area (Å²) in [6, 6.07) is 5.79. The molecule has 26 heteroatoms. The van der Waals surface area contributed by atoms with Gasteiger partial charge in [-0.1, -0.05) is 83.1 Å². The van der Waals surface area contributed by atoms with Gasteiger partial charge in [-0.25, -0.2) is 0 Å². The number of rotatable bonds is 56. The molecule has 0 aromatic carbocycles. The van der Waals surface area contributed by atoms with Gasteiger partial charge in [0.25, 0.3) is 0 Å². The van der Waals surface area contributed by atoms with E-state index in [0.717, 1.165) is 49.9 Å². The Morgan fingerprint density at radius 2 is 0.378 bits per heavy atom. The van der Waals surface area contributed by atoms with E-state index in [2.05, 4.69) is 83.1 Å². The van der Waals surface area contributed by atoms with Gasteiger partial charge in [-0.15, -0.1) is 0 Å². The summed E-state index contributed by atoms with van der Waals surface area (Å²) in [7, 11) is -23.4. The lowest BCUT2D eigenvalue weighted by atomic mass is 10.5. The Bertz CT molecular complexity index is 1410. The van der Waals surface area contributed by atoms with E-state index >= 15 is 0 Å². The van der Waals surface area contributed by atoms with E-state index in [9.17, 15) is 0 Å². The van der Waals surface area contributed by atoms with Crippen LogP contribution in [0.4, 0.5) is 0 Å². The Hall–Kier alpha value is 1.02. The maximum Gasteiger partial charge on any atom is 0.355 e. The number of hydrogen-bond acceptors (Lipinski definition) is 18. The molecule has 18 nitrogen and oxygen atoms in total. The molecule has 0 rings (SSSR count). The molecule has 0 N–H and O–H groups in total. The van der Waals surface area contributed by atoms with E-state index in [0.29, 0.717) is 127 Å². The van der Waals surface area contributed by atoms with Gasteiger partial charge >= 0.3 is 68.5 Å². The summed E-state index contributed by atoms with van der Waals surface area (Å²) in [5.74, 6) is 0. The second kappa shape index (κ2) is 47.0. The summed E-state index contributed by atoms with van der Waals surface area (Å²) in [4.78, 5) is 0. The topological polar surface area (TPSA) is 166 Å². The number of hydrogen-bond donors (Lipinski definition) is 0. The Kier molecular flexibility index (Phi) is 48.8. The first kappa shape index (κ1) is 85.1. The summed E-state index contributed by atoms with van der Waals surface area (Å²) >= 11 is 0. The van der Waals surface area contributed by atoms with Crippen molar-refractivity contribution >= 4 is 68.5 Å². The van der Waals surface area contributed by atoms with Crippen LogP contribution in [0.2, 0.25) is 48.4 Å². The Labute approximate surface area is 513 Å². The summed E-state index contributed by atoms with van der Waals surface area (Å²) in [5.41, 5.74) is 0. The van der Waals surface area contributed by atoms with Crippen molar-refractivity contribution < 1.29 is 80.3 Å². The van der Waals surface area contributed by atoms with Gasteiger partial charge in [0.05, 0.1) is 74.3 Å². The fourth-order valence-corrected chi connectivity index (χ4v) is 46.8. The second-order valence-corrected chi connectivity index (χ2v) is 50.7. The summed E-state index contributed by atoms with van der Waals surface area (Å²) in [6.07, 6.45) is 7.34. The van der Waals surface area contributed by atoms with Crippen molar-refractivity contribution in [3.63, 3.8) is 0 Å². The van der Waals surface area contributed by atoms with Crippen molar-refractivity contribution in [3.05, 3.63) is 0 Å². The highest BCUT2D eigenvalue weighted by molar-refractivity contribution is 6.91. The fourth-order valence-electron chi connectivity index (χ4n) is 8.56. The van der Waals surface area contributed by atoms with Gasteiger partial charge in [0.1, 0.15) is 0 Å². The van der Waals surface area contributed by atoms with Crippen molar-refractivity contribution in [2.45, 2.75) is 265 Å². The molecular weight excluding hydrogens is 1190 g/mol. The maximum atomic E-state index is 7.43. The summed E-state index contributed by atoms with van der Waals surface area (Å²) in [5, 5.41) is 0. The first-order valence-electron chi connectivity index (χ1n) is 32.4. The highest BCUT2D eigenvalue weighted by Crippen LogP contribution is 2.35. The summed E-state index contributed by atoms with van der Waals surface area (Å²) < 4.78 is 119. The predicted molar refractivity (Wildman–Crippen MR) is 352 cm³/mol. The molecule has 0 heterocycles. The van der Waals surface area contributed by atoms with Gasteiger partial charge in [-0.3, -0.25) is 0 Å². The van der Waals surface area contributed by atoms with Crippen molar-refractivity contribution in [3.8, 4) is 0 Å². The van der Waals surface area contributed by atoms with Crippen LogP contribution in [0.25, 0.3) is 0 Å². The molecule has 0 spiro atoms. The van der Waals surface area contributed by atoms with Crippen molar-refractivity contribution in [1.82, 2.24) is 0 Å². The predicted octanol–water partition coefficient (Wildman–Crippen LogP) is 13.6. The van der Waals surface area contributed by atoms with Crippen LogP contribution in [0.15, 0.2) is 0 Å². The van der Waals surface area contributed by atoms with Crippen LogP contribution >= 0.6 is 0 Å². The van der Waals surface area contributed by atoms with E-state index < -0.39 is 68.5 Å². The lowest BCUT2D eigenvalue weighted by molar-refractivity contribution is 0.0550. The van der Waals surface area contributed by atoms with Crippen LogP contribution in [0.1, 0.15) is 192 Å². The molecule has 8 atom stereocenters. The van der Waals surface area contributed by atoms with Crippen molar-refractivity contribution in [1.29, 1.82) is 0 Å². The monoisotopic (exact) mass is 1320 g/mol. The van der Waals surface area contributed by atoms with Crippen molar-refractivity contribution in [2.75, 3.05) is 103 Å². The second-order valence-electron chi connectivity index (χ2n) is 22.1. The Balaban J connectivity index is 0. The van der Waals surface area contributed by atoms with E-state index in [4.69, 9.17) is 80.3 Å². The minimum Gasteiger partial charge on any atom is -0.413 e. The number of ether oxygens (including phenoxy) is 8. The fraction of sp³-hybridized carbons (Fsp3) is 1.00.